The molecule has 3 aromatic rings. The summed E-state index contributed by atoms with van der Waals surface area (Å²) in [6.07, 6.45) is 3.76. The summed E-state index contributed by atoms with van der Waals surface area (Å²) in [4.78, 5) is 38.9. The smallest absolute Gasteiger partial charge is 0.306 e. The summed E-state index contributed by atoms with van der Waals surface area (Å²) in [5, 5.41) is 12.6. The van der Waals surface area contributed by atoms with Gasteiger partial charge < -0.3 is 24.5 Å². The molecule has 2 atom stereocenters. The number of amides is 1. The molecule has 9 nitrogen and oxygen atoms in total. The number of anilines is 1. The predicted molar refractivity (Wildman–Crippen MR) is 152 cm³/mol. The van der Waals surface area contributed by atoms with E-state index >= 15 is 8.78 Å². The van der Waals surface area contributed by atoms with Crippen LogP contribution in [0.25, 0.3) is 10.9 Å². The number of methoxy groups -OCH3 is 1. The number of carboxylic acid groups (broad SMARTS) is 1. The lowest BCUT2D eigenvalue weighted by molar-refractivity contribution is -0.187. The number of nitrogens with zero attached hydrogens (tertiary/aromatic N) is 2. The highest BCUT2D eigenvalue weighted by Gasteiger charge is 2.38. The molecule has 0 radical (unpaired) electrons. The highest BCUT2D eigenvalue weighted by atomic mass is 19.2. The molecule has 2 fully saturated rings. The number of aryl methyl sites for hydroxylation is 1. The number of benzene rings is 2. The van der Waals surface area contributed by atoms with Crippen LogP contribution in [0.2, 0.25) is 0 Å². The van der Waals surface area contributed by atoms with Crippen LogP contribution in [0.15, 0.2) is 42.6 Å². The van der Waals surface area contributed by atoms with Gasteiger partial charge in [0.2, 0.25) is 0 Å². The largest absolute Gasteiger partial charge is 0.495 e. The van der Waals surface area contributed by atoms with E-state index in [-0.39, 0.29) is 29.2 Å². The molecular weight excluding hydrogens is 548 g/mol. The Kier molecular flexibility index (Phi) is 8.88. The van der Waals surface area contributed by atoms with E-state index in [1.807, 2.05) is 35.9 Å². The number of fused-ring (bicyclic) bond motifs is 1. The van der Waals surface area contributed by atoms with E-state index < -0.39 is 42.2 Å². The normalized spacial score (nSPS) is 21.8. The van der Waals surface area contributed by atoms with Gasteiger partial charge >= 0.3 is 5.97 Å². The molecule has 0 bridgehead atoms. The van der Waals surface area contributed by atoms with Crippen molar-refractivity contribution in [2.24, 2.45) is 13.0 Å². The van der Waals surface area contributed by atoms with Gasteiger partial charge in [-0.2, -0.15) is 4.39 Å². The van der Waals surface area contributed by atoms with E-state index in [9.17, 15) is 19.5 Å². The molecule has 42 heavy (non-hydrogen) atoms. The van der Waals surface area contributed by atoms with Crippen molar-refractivity contribution in [2.75, 3.05) is 19.0 Å². The first-order chi connectivity index (χ1) is 20.2. The maximum atomic E-state index is 15.3. The molecule has 5 rings (SSSR count). The first kappa shape index (κ1) is 29.7. The van der Waals surface area contributed by atoms with Crippen molar-refractivity contribution in [1.82, 2.24) is 9.47 Å². The van der Waals surface area contributed by atoms with E-state index in [0.717, 1.165) is 17.0 Å². The first-order valence-corrected chi connectivity index (χ1v) is 14.2. The third-order valence-corrected chi connectivity index (χ3v) is 8.38. The van der Waals surface area contributed by atoms with Gasteiger partial charge in [-0.25, -0.2) is 9.29 Å². The molecule has 224 valence electrons. The van der Waals surface area contributed by atoms with Gasteiger partial charge in [0.05, 0.1) is 36.4 Å². The zero-order valence-electron chi connectivity index (χ0n) is 23.6. The van der Waals surface area contributed by atoms with Crippen LogP contribution in [0.4, 0.5) is 14.5 Å². The average molecular weight is 584 g/mol. The summed E-state index contributed by atoms with van der Waals surface area (Å²) in [6, 6.07) is 9.18. The number of hydrogen-bond acceptors (Lipinski definition) is 6. The molecule has 1 aromatic heterocycles. The lowest BCUT2D eigenvalue weighted by atomic mass is 9.87. The van der Waals surface area contributed by atoms with Crippen LogP contribution in [0.1, 0.15) is 54.4 Å². The molecule has 1 saturated carbocycles. The van der Waals surface area contributed by atoms with Crippen molar-refractivity contribution in [3.8, 4) is 5.75 Å². The number of nitrogens with one attached hydrogen (secondary N) is 1. The molecule has 2 aromatic carbocycles. The SMILES string of the molecule is COc1cc(CC(=O)[C@@H]2CCCN2[C@H](F)OC2CCC(C(=O)O)CC2)c(F)cc1NC(=O)c1cn(C)c2ccccc12. The number of carbonyl (C=O) groups excluding carboxylic acids is 2. The number of ketones is 1. The number of carbonyl (C=O) groups is 3. The Labute approximate surface area is 242 Å². The molecule has 0 spiro atoms. The van der Waals surface area contributed by atoms with Crippen molar-refractivity contribution in [3.05, 3.63) is 59.5 Å². The van der Waals surface area contributed by atoms with E-state index in [4.69, 9.17) is 9.47 Å². The minimum absolute atomic E-state index is 0.0789. The molecule has 0 unspecified atom stereocenters. The number of Topliss-reactive ketones (excluding diaryl/α,β-unsaturated/α-hetero) is 1. The summed E-state index contributed by atoms with van der Waals surface area (Å²) >= 11 is 0. The number of likely N-dealkylation sites (tertiary alicyclic amines) is 1. The maximum absolute atomic E-state index is 15.3. The van der Waals surface area contributed by atoms with Gasteiger partial charge in [-0.1, -0.05) is 18.2 Å². The first-order valence-electron chi connectivity index (χ1n) is 14.2. The van der Waals surface area contributed by atoms with Crippen molar-refractivity contribution in [2.45, 2.75) is 63.6 Å². The Morgan fingerprint density at radius 3 is 2.57 bits per heavy atom. The van der Waals surface area contributed by atoms with Crippen molar-refractivity contribution in [1.29, 1.82) is 0 Å². The fraction of sp³-hybridized carbons (Fsp3) is 0.452. The van der Waals surface area contributed by atoms with Crippen LogP contribution in [-0.4, -0.2) is 64.5 Å². The lowest BCUT2D eigenvalue weighted by Crippen LogP contribution is -2.45. The van der Waals surface area contributed by atoms with Crippen molar-refractivity contribution < 1.29 is 37.7 Å². The third-order valence-electron chi connectivity index (χ3n) is 8.38. The molecule has 1 amide bonds. The van der Waals surface area contributed by atoms with Crippen LogP contribution in [0.5, 0.6) is 5.75 Å². The minimum Gasteiger partial charge on any atom is -0.495 e. The van der Waals surface area contributed by atoms with E-state index in [0.29, 0.717) is 50.6 Å². The Morgan fingerprint density at radius 1 is 1.12 bits per heavy atom. The van der Waals surface area contributed by atoms with Gasteiger partial charge in [-0.15, -0.1) is 0 Å². The summed E-state index contributed by atoms with van der Waals surface area (Å²) in [5.74, 6) is -2.56. The maximum Gasteiger partial charge on any atom is 0.306 e. The van der Waals surface area contributed by atoms with Crippen molar-refractivity contribution in [3.63, 3.8) is 0 Å². The molecule has 2 N–H and O–H groups in total. The molecule has 1 saturated heterocycles. The summed E-state index contributed by atoms with van der Waals surface area (Å²) in [7, 11) is 3.22. The zero-order valence-corrected chi connectivity index (χ0v) is 23.6. The number of alkyl halides is 1. The second-order valence-corrected chi connectivity index (χ2v) is 11.0. The van der Waals surface area contributed by atoms with E-state index in [1.54, 1.807) is 6.20 Å². The number of hydrogen-bond donors (Lipinski definition) is 2. The summed E-state index contributed by atoms with van der Waals surface area (Å²) in [5.41, 5.74) is 1.51. The lowest BCUT2D eigenvalue weighted by Gasteiger charge is -2.32. The van der Waals surface area contributed by atoms with Gasteiger partial charge in [0, 0.05) is 43.2 Å². The topological polar surface area (TPSA) is 110 Å². The Balaban J connectivity index is 1.24. The Hall–Kier alpha value is -3.83. The molecular formula is C31H35F2N3O6. The number of aliphatic carboxylic acids is 1. The second kappa shape index (κ2) is 12.6. The summed E-state index contributed by atoms with van der Waals surface area (Å²) < 4.78 is 43.3. The number of halogens is 2. The van der Waals surface area contributed by atoms with Gasteiger partial charge in [-0.3, -0.25) is 14.4 Å². The molecule has 1 aliphatic carbocycles. The minimum atomic E-state index is -1.81. The van der Waals surface area contributed by atoms with Gasteiger partial charge in [0.25, 0.3) is 12.4 Å². The van der Waals surface area contributed by atoms with Gasteiger partial charge in [0.15, 0.2) is 5.78 Å². The zero-order chi connectivity index (χ0) is 30.0. The van der Waals surface area contributed by atoms with Gasteiger partial charge in [0.1, 0.15) is 11.6 Å². The quantitative estimate of drug-likeness (QED) is 0.321. The van der Waals surface area contributed by atoms with Crippen LogP contribution in [0, 0.1) is 11.7 Å². The number of aromatic nitrogens is 1. The fourth-order valence-electron chi connectivity index (χ4n) is 6.08. The number of ether oxygens (including phenoxy) is 2. The molecule has 11 heteroatoms. The number of carboxylic acids is 1. The van der Waals surface area contributed by atoms with Crippen LogP contribution in [0.3, 0.4) is 0 Å². The predicted octanol–water partition coefficient (Wildman–Crippen LogP) is 5.07. The Bertz CT molecular complexity index is 1480. The molecule has 2 heterocycles. The second-order valence-electron chi connectivity index (χ2n) is 11.0. The molecule has 1 aliphatic heterocycles. The molecule has 2 aliphatic rings. The highest BCUT2D eigenvalue weighted by Crippen LogP contribution is 2.33. The van der Waals surface area contributed by atoms with Gasteiger partial charge in [-0.05, 0) is 56.2 Å². The number of rotatable bonds is 10. The Morgan fingerprint density at radius 2 is 1.86 bits per heavy atom. The average Bonchev–Trinajstić information content (AvgIpc) is 3.60. The van der Waals surface area contributed by atoms with Crippen LogP contribution < -0.4 is 10.1 Å². The third kappa shape index (κ3) is 6.17. The fourth-order valence-corrected chi connectivity index (χ4v) is 6.08. The van der Waals surface area contributed by atoms with Crippen LogP contribution in [-0.2, 0) is 27.8 Å². The standard InChI is InChI=1S/C31H35F2N3O6/c1-35-17-22(21-6-3-4-7-25(21)35)29(38)34-24-16-23(32)19(15-28(24)41-2)14-27(37)26-8-5-13-36(26)31(33)42-20-11-9-18(10-12-20)30(39)40/h3-4,6-7,15-18,20,26,31H,5,8-14H2,1-2H3,(H,34,38)(H,39,40)/t18?,20?,26-,31-/m0/s1. The van der Waals surface area contributed by atoms with Crippen LogP contribution >= 0.6 is 0 Å². The van der Waals surface area contributed by atoms with E-state index in [2.05, 4.69) is 5.32 Å². The summed E-state index contributed by atoms with van der Waals surface area (Å²) in [6.45, 7) is -1.48. The highest BCUT2D eigenvalue weighted by molar-refractivity contribution is 6.13. The number of para-hydroxylation sites is 1. The van der Waals surface area contributed by atoms with Crippen molar-refractivity contribution >= 4 is 34.3 Å². The van der Waals surface area contributed by atoms with E-state index in [1.165, 1.54) is 18.1 Å². The monoisotopic (exact) mass is 583 g/mol.